The van der Waals surface area contributed by atoms with Crippen LogP contribution in [0.15, 0.2) is 23.9 Å². The third-order valence-corrected chi connectivity index (χ3v) is 2.81. The number of aryl methyl sites for hydroxylation is 1. The number of methoxy groups -OCH3 is 1. The van der Waals surface area contributed by atoms with E-state index in [1.54, 1.807) is 13.2 Å². The highest BCUT2D eigenvalue weighted by atomic mass is 16.5. The molecular weight excluding hydrogens is 232 g/mol. The van der Waals surface area contributed by atoms with Gasteiger partial charge in [0, 0.05) is 7.05 Å². The normalized spacial score (nSPS) is 17.3. The molecule has 94 valence electrons. The van der Waals surface area contributed by atoms with Gasteiger partial charge in [-0.15, -0.1) is 0 Å². The lowest BCUT2D eigenvalue weighted by Crippen LogP contribution is -2.25. The van der Waals surface area contributed by atoms with Gasteiger partial charge in [0.1, 0.15) is 11.4 Å². The molecule has 0 atom stereocenters. The van der Waals surface area contributed by atoms with Gasteiger partial charge < -0.3 is 10.1 Å². The molecule has 0 aromatic heterocycles. The Labute approximate surface area is 105 Å². The van der Waals surface area contributed by atoms with Gasteiger partial charge in [0.15, 0.2) is 0 Å². The van der Waals surface area contributed by atoms with Gasteiger partial charge in [-0.1, -0.05) is 6.07 Å². The van der Waals surface area contributed by atoms with E-state index in [1.807, 2.05) is 25.1 Å². The Morgan fingerprint density at radius 1 is 1.33 bits per heavy atom. The molecule has 1 aromatic carbocycles. The minimum Gasteiger partial charge on any atom is -0.496 e. The molecule has 0 aliphatic carbocycles. The number of carbonyl (C=O) groups excluding carboxylic acids is 2. The highest BCUT2D eigenvalue weighted by Gasteiger charge is 2.29. The first-order valence-corrected chi connectivity index (χ1v) is 5.48. The van der Waals surface area contributed by atoms with Gasteiger partial charge in [-0.25, -0.2) is 4.79 Å². The lowest BCUT2D eigenvalue weighted by atomic mass is 10.1. The summed E-state index contributed by atoms with van der Waals surface area (Å²) in [6, 6.07) is 5.14. The molecule has 1 aromatic rings. The summed E-state index contributed by atoms with van der Waals surface area (Å²) in [6.07, 6.45) is 1.65. The molecule has 1 aliphatic heterocycles. The van der Waals surface area contributed by atoms with Crippen LogP contribution in [0.1, 0.15) is 11.1 Å². The first-order chi connectivity index (χ1) is 8.52. The number of rotatable bonds is 2. The topological polar surface area (TPSA) is 58.6 Å². The van der Waals surface area contributed by atoms with Crippen LogP contribution in [0.2, 0.25) is 0 Å². The van der Waals surface area contributed by atoms with Crippen LogP contribution in [0.5, 0.6) is 5.75 Å². The van der Waals surface area contributed by atoms with E-state index >= 15 is 0 Å². The van der Waals surface area contributed by atoms with Crippen LogP contribution in [-0.4, -0.2) is 31.0 Å². The number of hydrogen-bond donors (Lipinski definition) is 1. The predicted molar refractivity (Wildman–Crippen MR) is 67.0 cm³/mol. The fraction of sp³-hybridized carbons (Fsp3) is 0.231. The monoisotopic (exact) mass is 246 g/mol. The first-order valence-electron chi connectivity index (χ1n) is 5.48. The van der Waals surface area contributed by atoms with Gasteiger partial charge in [0.2, 0.25) is 0 Å². The fourth-order valence-corrected chi connectivity index (χ4v) is 1.78. The summed E-state index contributed by atoms with van der Waals surface area (Å²) in [5, 5.41) is 2.52. The van der Waals surface area contributed by atoms with Crippen molar-refractivity contribution in [1.82, 2.24) is 10.2 Å². The van der Waals surface area contributed by atoms with Crippen molar-refractivity contribution in [2.24, 2.45) is 0 Å². The van der Waals surface area contributed by atoms with E-state index < -0.39 is 6.03 Å². The van der Waals surface area contributed by atoms with Crippen LogP contribution in [0.4, 0.5) is 4.79 Å². The van der Waals surface area contributed by atoms with E-state index in [1.165, 1.54) is 7.05 Å². The molecule has 1 saturated heterocycles. The van der Waals surface area contributed by atoms with Crippen LogP contribution in [0.25, 0.3) is 6.08 Å². The maximum atomic E-state index is 11.7. The van der Waals surface area contributed by atoms with Crippen molar-refractivity contribution in [1.29, 1.82) is 0 Å². The molecule has 5 nitrogen and oxygen atoms in total. The number of carbonyl (C=O) groups is 2. The molecular formula is C13H14N2O3. The van der Waals surface area contributed by atoms with E-state index in [0.717, 1.165) is 21.8 Å². The van der Waals surface area contributed by atoms with Gasteiger partial charge in [0.05, 0.1) is 7.11 Å². The van der Waals surface area contributed by atoms with E-state index in [9.17, 15) is 9.59 Å². The van der Waals surface area contributed by atoms with Gasteiger partial charge in [0.25, 0.3) is 5.91 Å². The first kappa shape index (κ1) is 12.2. The number of hydrogen-bond acceptors (Lipinski definition) is 3. The quantitative estimate of drug-likeness (QED) is 0.636. The number of imide groups is 1. The zero-order valence-corrected chi connectivity index (χ0v) is 10.5. The highest BCUT2D eigenvalue weighted by Crippen LogP contribution is 2.20. The molecule has 3 amide bonds. The van der Waals surface area contributed by atoms with Crippen LogP contribution in [0, 0.1) is 6.92 Å². The van der Waals surface area contributed by atoms with Crippen molar-refractivity contribution in [2.75, 3.05) is 14.2 Å². The van der Waals surface area contributed by atoms with Crippen molar-refractivity contribution in [3.63, 3.8) is 0 Å². The summed E-state index contributed by atoms with van der Waals surface area (Å²) in [5.74, 6) is 0.463. The Balaban J connectivity index is 2.32. The standard InChI is InChI=1S/C13H14N2O3/c1-8-6-9(4-5-11(8)18-3)7-10-12(16)15(2)13(17)14-10/h4-7H,1-3H3,(H,14,17)/b10-7+. The Morgan fingerprint density at radius 2 is 2.06 bits per heavy atom. The molecule has 18 heavy (non-hydrogen) atoms. The minimum atomic E-state index is -0.406. The molecule has 1 fully saturated rings. The molecule has 0 unspecified atom stereocenters. The predicted octanol–water partition coefficient (Wildman–Crippen LogP) is 1.53. The van der Waals surface area contributed by atoms with Crippen molar-refractivity contribution in [3.05, 3.63) is 35.0 Å². The lowest BCUT2D eigenvalue weighted by Gasteiger charge is -2.05. The number of likely N-dealkylation sites (N-methyl/N-ethyl adjacent to an activating group) is 1. The summed E-state index contributed by atoms with van der Waals surface area (Å²) < 4.78 is 5.16. The lowest BCUT2D eigenvalue weighted by molar-refractivity contribution is -0.121. The Hall–Kier alpha value is -2.30. The summed E-state index contributed by atoms with van der Waals surface area (Å²) in [5.41, 5.74) is 2.09. The molecule has 0 saturated carbocycles. The zero-order valence-electron chi connectivity index (χ0n) is 10.5. The van der Waals surface area contributed by atoms with Crippen LogP contribution >= 0.6 is 0 Å². The molecule has 1 N–H and O–H groups in total. The number of nitrogens with zero attached hydrogens (tertiary/aromatic N) is 1. The maximum Gasteiger partial charge on any atom is 0.328 e. The SMILES string of the molecule is COc1ccc(/C=C2/NC(=O)N(C)C2=O)cc1C. The van der Waals surface area contributed by atoms with E-state index in [4.69, 9.17) is 4.74 Å². The third-order valence-electron chi connectivity index (χ3n) is 2.81. The van der Waals surface area contributed by atoms with E-state index in [-0.39, 0.29) is 11.6 Å². The molecule has 5 heteroatoms. The van der Waals surface area contributed by atoms with Gasteiger partial charge >= 0.3 is 6.03 Å². The second-order valence-electron chi connectivity index (χ2n) is 4.08. The van der Waals surface area contributed by atoms with E-state index in [0.29, 0.717) is 0 Å². The summed E-state index contributed by atoms with van der Waals surface area (Å²) >= 11 is 0. The number of nitrogens with one attached hydrogen (secondary N) is 1. The second-order valence-corrected chi connectivity index (χ2v) is 4.08. The summed E-state index contributed by atoms with van der Waals surface area (Å²) in [4.78, 5) is 24.0. The molecule has 2 rings (SSSR count). The average Bonchev–Trinajstić information content (AvgIpc) is 2.57. The smallest absolute Gasteiger partial charge is 0.328 e. The van der Waals surface area contributed by atoms with Gasteiger partial charge in [-0.05, 0) is 36.3 Å². The Kier molecular flexibility index (Phi) is 3.06. The second kappa shape index (κ2) is 4.52. The molecule has 0 radical (unpaired) electrons. The Morgan fingerprint density at radius 3 is 2.56 bits per heavy atom. The van der Waals surface area contributed by atoms with Crippen molar-refractivity contribution in [3.8, 4) is 5.75 Å². The largest absolute Gasteiger partial charge is 0.496 e. The summed E-state index contributed by atoms with van der Waals surface area (Å²) in [6.45, 7) is 1.92. The number of ether oxygens (including phenoxy) is 1. The van der Waals surface area contributed by atoms with Crippen LogP contribution in [-0.2, 0) is 4.79 Å². The third kappa shape index (κ3) is 2.07. The number of benzene rings is 1. The van der Waals surface area contributed by atoms with Gasteiger partial charge in [-0.2, -0.15) is 0 Å². The zero-order chi connectivity index (χ0) is 13.3. The molecule has 0 bridgehead atoms. The Bertz CT molecular complexity index is 549. The van der Waals surface area contributed by atoms with Crippen LogP contribution in [0.3, 0.4) is 0 Å². The maximum absolute atomic E-state index is 11.7. The average molecular weight is 246 g/mol. The fourth-order valence-electron chi connectivity index (χ4n) is 1.78. The minimum absolute atomic E-state index is 0.284. The molecule has 1 heterocycles. The molecule has 1 aliphatic rings. The number of amides is 3. The molecule has 0 spiro atoms. The van der Waals surface area contributed by atoms with Crippen molar-refractivity contribution >= 4 is 18.0 Å². The van der Waals surface area contributed by atoms with Crippen molar-refractivity contribution in [2.45, 2.75) is 6.92 Å². The van der Waals surface area contributed by atoms with E-state index in [2.05, 4.69) is 5.32 Å². The number of urea groups is 1. The van der Waals surface area contributed by atoms with Gasteiger partial charge in [-0.3, -0.25) is 9.69 Å². The summed E-state index contributed by atoms with van der Waals surface area (Å²) in [7, 11) is 3.05. The van der Waals surface area contributed by atoms with Crippen molar-refractivity contribution < 1.29 is 14.3 Å². The van der Waals surface area contributed by atoms with Crippen LogP contribution < -0.4 is 10.1 Å². The highest BCUT2D eigenvalue weighted by molar-refractivity contribution is 6.13.